The molecule has 2 aromatic heterocycles. The topological polar surface area (TPSA) is 52.8 Å². The minimum Gasteiger partial charge on any atom is -0.454 e. The van der Waals surface area contributed by atoms with Crippen LogP contribution in [0.4, 0.5) is 0 Å². The Morgan fingerprint density at radius 2 is 2.00 bits per heavy atom. The summed E-state index contributed by atoms with van der Waals surface area (Å²) in [5.41, 5.74) is 3.65. The van der Waals surface area contributed by atoms with E-state index >= 15 is 0 Å². The smallest absolute Gasteiger partial charge is 0.258 e. The summed E-state index contributed by atoms with van der Waals surface area (Å²) in [6.07, 6.45) is 1.81. The number of pyridine rings is 1. The first-order valence-corrected chi connectivity index (χ1v) is 8.80. The molecule has 0 saturated heterocycles. The second-order valence-corrected chi connectivity index (χ2v) is 6.69. The van der Waals surface area contributed by atoms with Crippen molar-refractivity contribution in [3.05, 3.63) is 69.8 Å². The highest BCUT2D eigenvalue weighted by molar-refractivity contribution is 7.97. The van der Waals surface area contributed by atoms with Crippen LogP contribution in [0, 0.1) is 6.92 Å². The van der Waals surface area contributed by atoms with E-state index in [1.54, 1.807) is 22.2 Å². The van der Waals surface area contributed by atoms with E-state index in [0.717, 1.165) is 34.1 Å². The van der Waals surface area contributed by atoms with E-state index in [9.17, 15) is 4.79 Å². The zero-order valence-electron chi connectivity index (χ0n) is 13.2. The highest BCUT2D eigenvalue weighted by Crippen LogP contribution is 2.33. The molecule has 1 aromatic carbocycles. The minimum absolute atomic E-state index is 0.0395. The summed E-state index contributed by atoms with van der Waals surface area (Å²) in [6, 6.07) is 11.4. The standard InChI is InChI=1S/C18H16N2O3S/c1-12-2-5-17-19-14(7-18(21)20(17)8-12)10-24-9-13-3-4-15-16(6-13)23-11-22-15/h2-8H,9-11H2,1H3. The van der Waals surface area contributed by atoms with E-state index in [1.165, 1.54) is 0 Å². The molecule has 6 heteroatoms. The lowest BCUT2D eigenvalue weighted by atomic mass is 10.2. The van der Waals surface area contributed by atoms with Crippen molar-refractivity contribution in [1.29, 1.82) is 0 Å². The second kappa shape index (κ2) is 6.20. The molecule has 0 spiro atoms. The van der Waals surface area contributed by atoms with Crippen molar-refractivity contribution in [3.63, 3.8) is 0 Å². The number of fused-ring (bicyclic) bond motifs is 2. The zero-order chi connectivity index (χ0) is 16.5. The lowest BCUT2D eigenvalue weighted by Crippen LogP contribution is -2.15. The molecule has 0 unspecified atom stereocenters. The molecule has 0 atom stereocenters. The molecule has 122 valence electrons. The van der Waals surface area contributed by atoms with Crippen LogP contribution in [0.1, 0.15) is 16.8 Å². The molecule has 3 heterocycles. The van der Waals surface area contributed by atoms with Crippen LogP contribution in [-0.4, -0.2) is 16.2 Å². The number of nitrogens with zero attached hydrogens (tertiary/aromatic N) is 2. The average molecular weight is 340 g/mol. The van der Waals surface area contributed by atoms with E-state index in [1.807, 2.05) is 43.5 Å². The molecule has 0 N–H and O–H groups in total. The molecule has 0 bridgehead atoms. The summed E-state index contributed by atoms with van der Waals surface area (Å²) in [5.74, 6) is 3.11. The molecule has 3 aromatic rings. The summed E-state index contributed by atoms with van der Waals surface area (Å²) < 4.78 is 12.3. The Morgan fingerprint density at radius 3 is 2.92 bits per heavy atom. The number of aromatic nitrogens is 2. The zero-order valence-corrected chi connectivity index (χ0v) is 14.0. The molecule has 4 rings (SSSR count). The van der Waals surface area contributed by atoms with E-state index in [-0.39, 0.29) is 12.4 Å². The van der Waals surface area contributed by atoms with Gasteiger partial charge in [0.05, 0.1) is 5.69 Å². The van der Waals surface area contributed by atoms with Gasteiger partial charge in [0.15, 0.2) is 11.5 Å². The Bertz CT molecular complexity index is 968. The lowest BCUT2D eigenvalue weighted by molar-refractivity contribution is 0.174. The molecule has 1 aliphatic heterocycles. The first-order chi connectivity index (χ1) is 11.7. The van der Waals surface area contributed by atoms with Gasteiger partial charge >= 0.3 is 0 Å². The number of rotatable bonds is 4. The fraction of sp³-hybridized carbons (Fsp3) is 0.222. The van der Waals surface area contributed by atoms with Crippen LogP contribution in [-0.2, 0) is 11.5 Å². The van der Waals surface area contributed by atoms with Crippen molar-refractivity contribution in [2.24, 2.45) is 0 Å². The van der Waals surface area contributed by atoms with Crippen LogP contribution in [0.2, 0.25) is 0 Å². The summed E-state index contributed by atoms with van der Waals surface area (Å²) in [6.45, 7) is 2.25. The predicted octanol–water partition coefficient (Wildman–Crippen LogP) is 3.17. The average Bonchev–Trinajstić information content (AvgIpc) is 3.03. The van der Waals surface area contributed by atoms with Gasteiger partial charge in [-0.05, 0) is 36.2 Å². The number of benzene rings is 1. The maximum atomic E-state index is 12.2. The lowest BCUT2D eigenvalue weighted by Gasteiger charge is -2.06. The highest BCUT2D eigenvalue weighted by atomic mass is 32.2. The summed E-state index contributed by atoms with van der Waals surface area (Å²) in [5, 5.41) is 0. The Morgan fingerprint density at radius 1 is 1.12 bits per heavy atom. The predicted molar refractivity (Wildman–Crippen MR) is 93.8 cm³/mol. The molecule has 1 aliphatic rings. The van der Waals surface area contributed by atoms with E-state index in [2.05, 4.69) is 4.98 Å². The van der Waals surface area contributed by atoms with Crippen LogP contribution in [0.5, 0.6) is 11.5 Å². The largest absolute Gasteiger partial charge is 0.454 e. The van der Waals surface area contributed by atoms with Crippen molar-refractivity contribution in [3.8, 4) is 11.5 Å². The molecule has 0 amide bonds. The SMILES string of the molecule is Cc1ccc2nc(CSCc3ccc4c(c3)OCO4)cc(=O)n2c1. The maximum absolute atomic E-state index is 12.2. The van der Waals surface area contributed by atoms with Gasteiger partial charge < -0.3 is 9.47 Å². The van der Waals surface area contributed by atoms with Crippen LogP contribution in [0.3, 0.4) is 0 Å². The van der Waals surface area contributed by atoms with Crippen LogP contribution in [0.25, 0.3) is 5.65 Å². The van der Waals surface area contributed by atoms with Crippen molar-refractivity contribution >= 4 is 17.4 Å². The van der Waals surface area contributed by atoms with Crippen molar-refractivity contribution in [2.75, 3.05) is 6.79 Å². The van der Waals surface area contributed by atoms with E-state index in [0.29, 0.717) is 11.4 Å². The fourth-order valence-electron chi connectivity index (χ4n) is 2.64. The van der Waals surface area contributed by atoms with Crippen LogP contribution in [0.15, 0.2) is 47.4 Å². The van der Waals surface area contributed by atoms with Gasteiger partial charge in [-0.3, -0.25) is 9.20 Å². The molecule has 0 fully saturated rings. The Hall–Kier alpha value is -2.47. The van der Waals surface area contributed by atoms with Gasteiger partial charge in [-0.15, -0.1) is 0 Å². The third-order valence-corrected chi connectivity index (χ3v) is 4.85. The molecule has 0 aliphatic carbocycles. The van der Waals surface area contributed by atoms with Crippen molar-refractivity contribution < 1.29 is 9.47 Å². The van der Waals surface area contributed by atoms with Crippen LogP contribution >= 0.6 is 11.8 Å². The quantitative estimate of drug-likeness (QED) is 0.730. The first-order valence-electron chi connectivity index (χ1n) is 7.64. The first kappa shape index (κ1) is 15.1. The van der Waals surface area contributed by atoms with Gasteiger partial charge in [0.2, 0.25) is 6.79 Å². The number of hydrogen-bond donors (Lipinski definition) is 0. The van der Waals surface area contributed by atoms with Gasteiger partial charge in [0.1, 0.15) is 5.65 Å². The Labute approximate surface area is 143 Å². The van der Waals surface area contributed by atoms with Gasteiger partial charge in [0.25, 0.3) is 5.56 Å². The molecule has 24 heavy (non-hydrogen) atoms. The Balaban J connectivity index is 1.47. The third-order valence-electron chi connectivity index (χ3n) is 3.82. The number of thioether (sulfide) groups is 1. The van der Waals surface area contributed by atoms with Crippen molar-refractivity contribution in [2.45, 2.75) is 18.4 Å². The molecule has 5 nitrogen and oxygen atoms in total. The number of hydrogen-bond acceptors (Lipinski definition) is 5. The number of aryl methyl sites for hydroxylation is 1. The maximum Gasteiger partial charge on any atom is 0.258 e. The van der Waals surface area contributed by atoms with Gasteiger partial charge in [-0.25, -0.2) is 4.98 Å². The number of ether oxygens (including phenoxy) is 2. The fourth-order valence-corrected chi connectivity index (χ4v) is 3.51. The van der Waals surface area contributed by atoms with E-state index in [4.69, 9.17) is 9.47 Å². The molecule has 0 saturated carbocycles. The van der Waals surface area contributed by atoms with Crippen LogP contribution < -0.4 is 15.0 Å². The highest BCUT2D eigenvalue weighted by Gasteiger charge is 2.13. The summed E-state index contributed by atoms with van der Waals surface area (Å²) in [4.78, 5) is 16.8. The minimum atomic E-state index is -0.0395. The monoisotopic (exact) mass is 340 g/mol. The summed E-state index contributed by atoms with van der Waals surface area (Å²) in [7, 11) is 0. The summed E-state index contributed by atoms with van der Waals surface area (Å²) >= 11 is 1.72. The molecule has 0 radical (unpaired) electrons. The Kier molecular flexibility index (Phi) is 3.90. The second-order valence-electron chi connectivity index (χ2n) is 5.70. The third kappa shape index (κ3) is 2.97. The molecular weight excluding hydrogens is 324 g/mol. The van der Waals surface area contributed by atoms with Crippen molar-refractivity contribution in [1.82, 2.24) is 9.38 Å². The van der Waals surface area contributed by atoms with Gasteiger partial charge in [-0.1, -0.05) is 12.1 Å². The van der Waals surface area contributed by atoms with Gasteiger partial charge in [0, 0.05) is 23.8 Å². The van der Waals surface area contributed by atoms with E-state index < -0.39 is 0 Å². The van der Waals surface area contributed by atoms with Gasteiger partial charge in [-0.2, -0.15) is 11.8 Å². The molecular formula is C18H16N2O3S. The normalized spacial score (nSPS) is 12.7.